The van der Waals surface area contributed by atoms with Gasteiger partial charge in [-0.05, 0) is 40.3 Å². The molecule has 85 valence electrons. The number of hydrogen-bond acceptors (Lipinski definition) is 3. The zero-order chi connectivity index (χ0) is 11.7. The van der Waals surface area contributed by atoms with Gasteiger partial charge in [-0.1, -0.05) is 0 Å². The Bertz CT molecular complexity index is 357. The highest BCUT2D eigenvalue weighted by molar-refractivity contribution is 5.54. The molecule has 16 heavy (non-hydrogen) atoms. The number of aromatic nitrogens is 1. The first kappa shape index (κ1) is 11.6. The highest BCUT2D eigenvalue weighted by Gasteiger charge is 2.34. The van der Waals surface area contributed by atoms with Crippen LogP contribution in [0.15, 0.2) is 4.42 Å². The Hall–Kier alpha value is -0.830. The summed E-state index contributed by atoms with van der Waals surface area (Å²) in [6.07, 6.45) is 6.28. The van der Waals surface area contributed by atoms with Crippen LogP contribution in [0.1, 0.15) is 17.3 Å². The molecule has 0 spiro atoms. The van der Waals surface area contributed by atoms with Crippen LogP contribution in [0.3, 0.4) is 0 Å². The van der Waals surface area contributed by atoms with Crippen molar-refractivity contribution in [2.24, 2.45) is 0 Å². The average Bonchev–Trinajstić information content (AvgIpc) is 2.72. The van der Waals surface area contributed by atoms with Crippen molar-refractivity contribution in [2.75, 3.05) is 20.6 Å². The first-order chi connectivity index (χ1) is 7.58. The zero-order valence-electron chi connectivity index (χ0n) is 10.2. The molecule has 3 heteroatoms. The minimum Gasteiger partial charge on any atom is -0.445 e. The van der Waals surface area contributed by atoms with E-state index in [1.54, 1.807) is 0 Å². The summed E-state index contributed by atoms with van der Waals surface area (Å²) in [6, 6.07) is 0. The van der Waals surface area contributed by atoms with E-state index in [-0.39, 0.29) is 0 Å². The quantitative estimate of drug-likeness (QED) is 0.775. The molecule has 1 aromatic rings. The van der Waals surface area contributed by atoms with Crippen molar-refractivity contribution in [3.63, 3.8) is 0 Å². The van der Waals surface area contributed by atoms with E-state index in [1.165, 1.54) is 5.92 Å². The van der Waals surface area contributed by atoms with Gasteiger partial charge >= 0.3 is 0 Å². The van der Waals surface area contributed by atoms with Crippen molar-refractivity contribution in [1.29, 1.82) is 0 Å². The lowest BCUT2D eigenvalue weighted by Gasteiger charge is -2.20. The lowest BCUT2D eigenvalue weighted by molar-refractivity contribution is 0.422. The Balaban J connectivity index is 2.16. The van der Waals surface area contributed by atoms with Crippen molar-refractivity contribution in [3.05, 3.63) is 48.4 Å². The fraction of sp³-hybridized carbons (Fsp3) is 0.385. The van der Waals surface area contributed by atoms with Gasteiger partial charge in [-0.3, -0.25) is 0 Å². The van der Waals surface area contributed by atoms with Crippen LogP contribution in [0.25, 0.3) is 0 Å². The summed E-state index contributed by atoms with van der Waals surface area (Å²) in [5.74, 6) is 4.07. The minimum absolute atomic E-state index is 0.726. The summed E-state index contributed by atoms with van der Waals surface area (Å²) >= 11 is 0. The summed E-state index contributed by atoms with van der Waals surface area (Å²) in [7, 11) is 4.13. The van der Waals surface area contributed by atoms with E-state index in [0.717, 1.165) is 29.8 Å². The van der Waals surface area contributed by atoms with Gasteiger partial charge in [-0.15, -0.1) is 0 Å². The highest BCUT2D eigenvalue weighted by Crippen LogP contribution is 2.39. The predicted octanol–water partition coefficient (Wildman–Crippen LogP) is 1.98. The molecule has 0 aliphatic heterocycles. The average molecular weight is 217 g/mol. The second-order valence-electron chi connectivity index (χ2n) is 4.35. The maximum absolute atomic E-state index is 5.65. The molecule has 1 saturated carbocycles. The third-order valence-electron chi connectivity index (χ3n) is 2.54. The van der Waals surface area contributed by atoms with Crippen LogP contribution in [-0.4, -0.2) is 30.5 Å². The van der Waals surface area contributed by atoms with Crippen LogP contribution < -0.4 is 0 Å². The van der Waals surface area contributed by atoms with Gasteiger partial charge in [0.15, 0.2) is 5.89 Å². The number of rotatable bonds is 3. The number of nitrogens with zero attached hydrogens (tertiary/aromatic N) is 2. The molecular formula is C13H17N2O. The van der Waals surface area contributed by atoms with Crippen LogP contribution in [0.4, 0.5) is 0 Å². The second kappa shape index (κ2) is 4.58. The van der Waals surface area contributed by atoms with Crippen molar-refractivity contribution in [1.82, 2.24) is 9.88 Å². The van der Waals surface area contributed by atoms with E-state index in [2.05, 4.69) is 43.2 Å². The minimum atomic E-state index is 0.726. The molecule has 0 N–H and O–H groups in total. The van der Waals surface area contributed by atoms with Crippen molar-refractivity contribution < 1.29 is 4.42 Å². The van der Waals surface area contributed by atoms with E-state index >= 15 is 0 Å². The fourth-order valence-corrected chi connectivity index (χ4v) is 1.94. The van der Waals surface area contributed by atoms with Crippen LogP contribution in [0.2, 0.25) is 0 Å². The van der Waals surface area contributed by atoms with Crippen molar-refractivity contribution >= 4 is 0 Å². The first-order valence-electron chi connectivity index (χ1n) is 5.41. The molecule has 5 radical (unpaired) electrons. The molecule has 1 aliphatic rings. The summed E-state index contributed by atoms with van der Waals surface area (Å²) in [5.41, 5.74) is 0.962. The Kier molecular flexibility index (Phi) is 3.33. The summed E-state index contributed by atoms with van der Waals surface area (Å²) in [6.45, 7) is 4.78. The van der Waals surface area contributed by atoms with Crippen molar-refractivity contribution in [3.8, 4) is 0 Å². The number of hydrogen-bond donors (Lipinski definition) is 0. The molecule has 1 aliphatic carbocycles. The van der Waals surface area contributed by atoms with Gasteiger partial charge in [0.05, 0.1) is 11.6 Å². The molecule has 0 unspecified atom stereocenters. The van der Waals surface area contributed by atoms with Gasteiger partial charge in [0.25, 0.3) is 0 Å². The number of oxazole rings is 1. The van der Waals surface area contributed by atoms with Gasteiger partial charge in [-0.2, -0.15) is 0 Å². The molecule has 0 aromatic carbocycles. The summed E-state index contributed by atoms with van der Waals surface area (Å²) in [5, 5.41) is 0. The Morgan fingerprint density at radius 1 is 1.25 bits per heavy atom. The van der Waals surface area contributed by atoms with Gasteiger partial charge in [0.2, 0.25) is 0 Å². The first-order valence-corrected chi connectivity index (χ1v) is 5.41. The largest absolute Gasteiger partial charge is 0.445 e. The third kappa shape index (κ3) is 2.29. The Morgan fingerprint density at radius 3 is 2.56 bits per heavy atom. The normalized spacial score (nSPS) is 18.8. The Labute approximate surface area is 97.8 Å². The van der Waals surface area contributed by atoms with Crippen LogP contribution in [0, 0.1) is 44.9 Å². The SMILES string of the molecule is Cc1nc(C)c([C]2[CH][CH][CH][C]2CN(C)C)o1. The number of aryl methyl sites for hydroxylation is 2. The highest BCUT2D eigenvalue weighted by atomic mass is 16.4. The molecule has 0 atom stereocenters. The van der Waals surface area contributed by atoms with E-state index in [9.17, 15) is 0 Å². The van der Waals surface area contributed by atoms with E-state index in [1.807, 2.05) is 13.8 Å². The van der Waals surface area contributed by atoms with E-state index < -0.39 is 0 Å². The smallest absolute Gasteiger partial charge is 0.191 e. The zero-order valence-corrected chi connectivity index (χ0v) is 10.2. The van der Waals surface area contributed by atoms with Gasteiger partial charge in [0.1, 0.15) is 5.76 Å². The molecule has 1 heterocycles. The standard InChI is InChI=1S/C13H17N2O/c1-9-13(16-10(2)14-9)12-7-5-6-11(12)8-15(3)4/h5-7H,8H2,1-4H3. The fourth-order valence-electron chi connectivity index (χ4n) is 1.94. The second-order valence-corrected chi connectivity index (χ2v) is 4.35. The van der Waals surface area contributed by atoms with Crippen LogP contribution in [-0.2, 0) is 0 Å². The summed E-state index contributed by atoms with van der Waals surface area (Å²) in [4.78, 5) is 6.46. The van der Waals surface area contributed by atoms with Gasteiger partial charge in [0, 0.05) is 19.4 Å². The molecule has 0 saturated heterocycles. The predicted molar refractivity (Wildman–Crippen MR) is 63.0 cm³/mol. The van der Waals surface area contributed by atoms with Crippen LogP contribution >= 0.6 is 0 Å². The molecule has 3 nitrogen and oxygen atoms in total. The lowest BCUT2D eigenvalue weighted by atomic mass is 9.92. The summed E-state index contributed by atoms with van der Waals surface area (Å²) < 4.78 is 5.65. The van der Waals surface area contributed by atoms with Crippen molar-refractivity contribution in [2.45, 2.75) is 13.8 Å². The maximum atomic E-state index is 5.65. The molecule has 1 fully saturated rings. The van der Waals surface area contributed by atoms with Gasteiger partial charge < -0.3 is 9.32 Å². The molecular weight excluding hydrogens is 200 g/mol. The third-order valence-corrected chi connectivity index (χ3v) is 2.54. The van der Waals surface area contributed by atoms with Gasteiger partial charge in [-0.25, -0.2) is 4.98 Å². The lowest BCUT2D eigenvalue weighted by Crippen LogP contribution is -2.22. The van der Waals surface area contributed by atoms with E-state index in [4.69, 9.17) is 4.42 Å². The maximum Gasteiger partial charge on any atom is 0.191 e. The molecule has 0 amide bonds. The molecule has 0 bridgehead atoms. The molecule has 1 aromatic heterocycles. The van der Waals surface area contributed by atoms with Crippen LogP contribution in [0.5, 0.6) is 0 Å². The Morgan fingerprint density at radius 2 is 2.00 bits per heavy atom. The molecule has 2 rings (SSSR count). The monoisotopic (exact) mass is 217 g/mol. The topological polar surface area (TPSA) is 29.3 Å². The van der Waals surface area contributed by atoms with E-state index in [0.29, 0.717) is 0 Å².